The first-order valence-electron chi connectivity index (χ1n) is 23.8. The number of benzene rings is 6. The van der Waals surface area contributed by atoms with Crippen molar-refractivity contribution in [2.45, 2.75) is 76.3 Å². The molecule has 2 aromatic heterocycles. The summed E-state index contributed by atoms with van der Waals surface area (Å²) in [6, 6.07) is 47.8. The van der Waals surface area contributed by atoms with Gasteiger partial charge in [-0.1, -0.05) is 72.8 Å². The second kappa shape index (κ2) is 20.6. The molecule has 0 saturated carbocycles. The van der Waals surface area contributed by atoms with Crippen molar-refractivity contribution in [1.29, 1.82) is 0 Å². The van der Waals surface area contributed by atoms with Crippen LogP contribution in [0.2, 0.25) is 0 Å². The van der Waals surface area contributed by atoms with Crippen LogP contribution >= 0.6 is 0 Å². The van der Waals surface area contributed by atoms with E-state index < -0.39 is 11.0 Å². The van der Waals surface area contributed by atoms with Crippen LogP contribution in [-0.2, 0) is 32.0 Å². The molecule has 4 atom stereocenters. The molecule has 0 aliphatic carbocycles. The van der Waals surface area contributed by atoms with Gasteiger partial charge in [0.05, 0.1) is 28.8 Å². The molecule has 0 radical (unpaired) electrons. The Labute approximate surface area is 405 Å². The standard InChI is InChI=1S/C29H26N2O5.C29H28N2O3/c1-19(21-6-3-2-4-7-21)29(33)30-15-5-8-25(30)26(32)17-20-9-14-27-23(16-20)18-28(36-27)22-10-12-24(13-11-22)31(34)35;1-19(21-6-3-2-4-7-21)29(33)31-15-5-8-25(31)26(32)17-20-9-14-27-23(16-20)18-28(34-27)22-10-12-24(30)13-11-22/h2-4,6-7,9-14,16,18-19,25H,5,8,15,17H2,1H3;2-4,6-7,9-14,16,18-19,25H,5,8,15,17,30H2,1H3/t2*19-,25?/m11/s1. The molecular weight excluding hydrogens is 881 g/mol. The lowest BCUT2D eigenvalue weighted by Gasteiger charge is -2.27. The number of hydrogen-bond donors (Lipinski definition) is 1. The Balaban J connectivity index is 0.000000174. The molecule has 12 heteroatoms. The van der Waals surface area contributed by atoms with Gasteiger partial charge >= 0.3 is 0 Å². The second-order valence-electron chi connectivity index (χ2n) is 18.3. The summed E-state index contributed by atoms with van der Waals surface area (Å²) >= 11 is 0. The number of nitrogens with two attached hydrogens (primary N) is 1. The number of nitro benzene ring substituents is 1. The monoisotopic (exact) mass is 934 g/mol. The molecule has 10 rings (SSSR count). The molecule has 2 fully saturated rings. The molecule has 0 spiro atoms. The molecule has 0 bridgehead atoms. The SMILES string of the molecule is C[C@@H](C(=O)N1CCCC1C(=O)Cc1ccc2oc(-c3ccc(N)cc3)cc2c1)c1ccccc1.C[C@@H](C(=O)N1CCCC1C(=O)Cc1ccc2oc(-c3ccc([N+](=O)[O-])cc3)cc2c1)c1ccccc1. The van der Waals surface area contributed by atoms with E-state index in [0.29, 0.717) is 43.0 Å². The van der Waals surface area contributed by atoms with Crippen molar-refractivity contribution in [2.75, 3.05) is 18.8 Å². The summed E-state index contributed by atoms with van der Waals surface area (Å²) in [5.41, 5.74) is 13.4. The molecule has 2 amide bonds. The minimum Gasteiger partial charge on any atom is -0.456 e. The van der Waals surface area contributed by atoms with Gasteiger partial charge in [-0.15, -0.1) is 0 Å². The van der Waals surface area contributed by atoms with Crippen molar-refractivity contribution in [3.05, 3.63) is 190 Å². The largest absolute Gasteiger partial charge is 0.456 e. The van der Waals surface area contributed by atoms with Crippen molar-refractivity contribution < 1.29 is 32.9 Å². The van der Waals surface area contributed by atoms with Crippen molar-refractivity contribution >= 4 is 56.7 Å². The topological polar surface area (TPSA) is 170 Å². The highest BCUT2D eigenvalue weighted by Gasteiger charge is 2.37. The molecule has 6 aromatic carbocycles. The minimum absolute atomic E-state index is 0.00456. The molecule has 70 heavy (non-hydrogen) atoms. The number of carbonyl (C=O) groups excluding carboxylic acids is 4. The summed E-state index contributed by atoms with van der Waals surface area (Å²) in [4.78, 5) is 66.9. The maximum Gasteiger partial charge on any atom is 0.269 e. The van der Waals surface area contributed by atoms with Crippen molar-refractivity contribution in [3.63, 3.8) is 0 Å². The van der Waals surface area contributed by atoms with Gasteiger partial charge in [0.25, 0.3) is 5.69 Å². The van der Waals surface area contributed by atoms with E-state index in [4.69, 9.17) is 14.6 Å². The zero-order chi connectivity index (χ0) is 48.9. The molecule has 354 valence electrons. The Morgan fingerprint density at radius 2 is 1.00 bits per heavy atom. The van der Waals surface area contributed by atoms with Gasteiger partial charge in [-0.25, -0.2) is 0 Å². The number of nitrogens with zero attached hydrogens (tertiary/aromatic N) is 3. The van der Waals surface area contributed by atoms with Gasteiger partial charge in [0.2, 0.25) is 11.8 Å². The number of Topliss-reactive ketones (excluding diaryl/α,β-unsaturated/α-hetero) is 2. The summed E-state index contributed by atoms with van der Waals surface area (Å²) in [6.07, 6.45) is 3.62. The smallest absolute Gasteiger partial charge is 0.269 e. The molecule has 2 aliphatic heterocycles. The number of amides is 2. The Hall–Kier alpha value is -8.12. The lowest BCUT2D eigenvalue weighted by molar-refractivity contribution is -0.384. The first kappa shape index (κ1) is 47.0. The minimum atomic E-state index is -0.437. The normalized spacial score (nSPS) is 16.4. The predicted octanol–water partition coefficient (Wildman–Crippen LogP) is 11.5. The number of ketones is 2. The van der Waals surface area contributed by atoms with Gasteiger partial charge in [-0.05, 0) is 135 Å². The van der Waals surface area contributed by atoms with Crippen LogP contribution in [0, 0.1) is 10.1 Å². The van der Waals surface area contributed by atoms with E-state index in [1.54, 1.807) is 21.9 Å². The van der Waals surface area contributed by atoms with E-state index in [-0.39, 0.29) is 53.4 Å². The second-order valence-corrected chi connectivity index (χ2v) is 18.3. The third kappa shape index (κ3) is 10.3. The first-order chi connectivity index (χ1) is 33.9. The predicted molar refractivity (Wildman–Crippen MR) is 271 cm³/mol. The average molecular weight is 935 g/mol. The Morgan fingerprint density at radius 1 is 0.586 bits per heavy atom. The van der Waals surface area contributed by atoms with Crippen molar-refractivity contribution in [2.24, 2.45) is 0 Å². The Kier molecular flexibility index (Phi) is 13.8. The fraction of sp³-hybridized carbons (Fsp3) is 0.241. The zero-order valence-electron chi connectivity index (χ0n) is 39.2. The van der Waals surface area contributed by atoms with Gasteiger partial charge in [-0.2, -0.15) is 0 Å². The van der Waals surface area contributed by atoms with Crippen LogP contribution in [0.15, 0.2) is 167 Å². The highest BCUT2D eigenvalue weighted by molar-refractivity contribution is 5.95. The van der Waals surface area contributed by atoms with E-state index >= 15 is 0 Å². The third-order valence-corrected chi connectivity index (χ3v) is 13.6. The molecule has 4 heterocycles. The number of nitrogen functional groups attached to an aromatic ring is 1. The molecular formula is C58H54N4O8. The van der Waals surface area contributed by atoms with Crippen molar-refractivity contribution in [3.8, 4) is 22.6 Å². The highest BCUT2D eigenvalue weighted by atomic mass is 16.6. The number of fused-ring (bicyclic) bond motifs is 2. The number of furan rings is 2. The fourth-order valence-electron chi connectivity index (χ4n) is 9.72. The highest BCUT2D eigenvalue weighted by Crippen LogP contribution is 2.33. The molecule has 2 aliphatic rings. The van der Waals surface area contributed by atoms with E-state index in [9.17, 15) is 29.3 Å². The summed E-state index contributed by atoms with van der Waals surface area (Å²) < 4.78 is 11.9. The third-order valence-electron chi connectivity index (χ3n) is 13.6. The summed E-state index contributed by atoms with van der Waals surface area (Å²) in [5, 5.41) is 12.7. The van der Waals surface area contributed by atoms with E-state index in [1.165, 1.54) is 12.1 Å². The van der Waals surface area contributed by atoms with Crippen LogP contribution in [0.1, 0.15) is 73.6 Å². The van der Waals surface area contributed by atoms with Gasteiger partial charge in [-0.3, -0.25) is 29.3 Å². The van der Waals surface area contributed by atoms with Gasteiger partial charge in [0.15, 0.2) is 11.6 Å². The number of non-ortho nitro benzene ring substituents is 1. The molecule has 2 unspecified atom stereocenters. The quantitative estimate of drug-likeness (QED) is 0.0671. The maximum atomic E-state index is 13.3. The average Bonchev–Trinajstić information content (AvgIpc) is 4.23. The van der Waals surface area contributed by atoms with Crippen LogP contribution in [0.4, 0.5) is 11.4 Å². The molecule has 2 saturated heterocycles. The van der Waals surface area contributed by atoms with Crippen LogP contribution in [0.5, 0.6) is 0 Å². The fourth-order valence-corrected chi connectivity index (χ4v) is 9.72. The number of hydrogen-bond acceptors (Lipinski definition) is 9. The van der Waals surface area contributed by atoms with E-state index in [1.807, 2.05) is 147 Å². The van der Waals surface area contributed by atoms with Gasteiger partial charge in [0.1, 0.15) is 22.7 Å². The summed E-state index contributed by atoms with van der Waals surface area (Å²) in [5.74, 6) is 0.970. The Morgan fingerprint density at radius 3 is 1.41 bits per heavy atom. The number of anilines is 1. The zero-order valence-corrected chi connectivity index (χ0v) is 39.2. The lowest BCUT2D eigenvalue weighted by Crippen LogP contribution is -2.43. The van der Waals surface area contributed by atoms with Gasteiger partial charge < -0.3 is 24.4 Å². The van der Waals surface area contributed by atoms with E-state index in [2.05, 4.69) is 0 Å². The Bertz CT molecular complexity index is 3180. The van der Waals surface area contributed by atoms with Crippen LogP contribution in [0.25, 0.3) is 44.6 Å². The van der Waals surface area contributed by atoms with Gasteiger partial charge in [0, 0.05) is 65.7 Å². The van der Waals surface area contributed by atoms with E-state index in [0.717, 1.165) is 74.8 Å². The first-order valence-corrected chi connectivity index (χ1v) is 23.8. The van der Waals surface area contributed by atoms with Crippen LogP contribution in [0.3, 0.4) is 0 Å². The molecule has 2 N–H and O–H groups in total. The van der Waals surface area contributed by atoms with Crippen molar-refractivity contribution in [1.82, 2.24) is 9.80 Å². The summed E-state index contributed by atoms with van der Waals surface area (Å²) in [7, 11) is 0. The number of rotatable bonds is 13. The lowest BCUT2D eigenvalue weighted by atomic mass is 9.97. The molecule has 8 aromatic rings. The summed E-state index contributed by atoms with van der Waals surface area (Å²) in [6.45, 7) is 5.06. The maximum absolute atomic E-state index is 13.3. The number of nitro groups is 1. The number of likely N-dealkylation sites (tertiary alicyclic amines) is 2. The number of carbonyl (C=O) groups is 4. The van der Waals surface area contributed by atoms with Crippen LogP contribution in [-0.4, -0.2) is 63.3 Å². The molecule has 12 nitrogen and oxygen atoms in total. The van der Waals surface area contributed by atoms with Crippen LogP contribution < -0.4 is 5.73 Å².